The third-order valence-corrected chi connectivity index (χ3v) is 5.23. The summed E-state index contributed by atoms with van der Waals surface area (Å²) < 4.78 is 40.2. The number of pyridine rings is 1. The van der Waals surface area contributed by atoms with Crippen molar-refractivity contribution in [3.05, 3.63) is 93.6 Å². The molecule has 12 heteroatoms. The van der Waals surface area contributed by atoms with Gasteiger partial charge in [-0.15, -0.1) is 0 Å². The molecule has 0 bridgehead atoms. The largest absolute Gasteiger partial charge is 0.493 e. The molecule has 2 heterocycles. The second kappa shape index (κ2) is 10.4. The van der Waals surface area contributed by atoms with Gasteiger partial charge in [-0.25, -0.2) is 13.8 Å². The molecule has 0 aliphatic heterocycles. The minimum absolute atomic E-state index is 0.00900. The number of hydrogen-bond donors (Lipinski definition) is 2. The van der Waals surface area contributed by atoms with Gasteiger partial charge in [0.2, 0.25) is 5.88 Å². The van der Waals surface area contributed by atoms with Crippen molar-refractivity contribution in [3.63, 3.8) is 0 Å². The second-order valence-corrected chi connectivity index (χ2v) is 7.59. The number of amides is 1. The lowest BCUT2D eigenvalue weighted by Gasteiger charge is -2.14. The van der Waals surface area contributed by atoms with Gasteiger partial charge in [-0.05, 0) is 49.4 Å². The molecule has 0 aliphatic rings. The van der Waals surface area contributed by atoms with Crippen LogP contribution in [0.5, 0.6) is 17.4 Å². The van der Waals surface area contributed by atoms with Crippen LogP contribution in [0.4, 0.5) is 20.3 Å². The second-order valence-electron chi connectivity index (χ2n) is 7.22. The van der Waals surface area contributed by atoms with E-state index >= 15 is 0 Å². The topological polar surface area (TPSA) is 121 Å². The number of rotatable bonds is 7. The highest BCUT2D eigenvalue weighted by Gasteiger charge is 2.21. The molecular formula is C24H18ClF2N5O4. The summed E-state index contributed by atoms with van der Waals surface area (Å²) in [5, 5.41) is 2.33. The van der Waals surface area contributed by atoms with Gasteiger partial charge in [0.1, 0.15) is 45.9 Å². The van der Waals surface area contributed by atoms with Crippen LogP contribution >= 0.6 is 11.6 Å². The Hall–Kier alpha value is -4.51. The molecule has 1 amide bonds. The maximum absolute atomic E-state index is 14.8. The van der Waals surface area contributed by atoms with Crippen molar-refractivity contribution in [1.29, 1.82) is 0 Å². The molecule has 0 saturated heterocycles. The molecule has 0 spiro atoms. The van der Waals surface area contributed by atoms with E-state index in [1.165, 1.54) is 48.7 Å². The van der Waals surface area contributed by atoms with E-state index in [4.69, 9.17) is 26.8 Å². The first-order chi connectivity index (χ1) is 17.3. The number of nitrogen functional groups attached to an aromatic ring is 1. The molecule has 2 aromatic heterocycles. The van der Waals surface area contributed by atoms with Crippen LogP contribution in [0, 0.1) is 11.6 Å². The summed E-state index contributed by atoms with van der Waals surface area (Å²) in [7, 11) is 0. The number of aromatic nitrogens is 3. The third-order valence-electron chi connectivity index (χ3n) is 4.87. The fourth-order valence-corrected chi connectivity index (χ4v) is 3.34. The van der Waals surface area contributed by atoms with Gasteiger partial charge in [-0.2, -0.15) is 4.98 Å². The Labute approximate surface area is 208 Å². The number of nitrogens with two attached hydrogens (primary N) is 1. The van der Waals surface area contributed by atoms with Gasteiger partial charge in [0.25, 0.3) is 11.5 Å². The van der Waals surface area contributed by atoms with Crippen LogP contribution in [0.3, 0.4) is 0 Å². The van der Waals surface area contributed by atoms with Gasteiger partial charge in [0, 0.05) is 18.0 Å². The number of ether oxygens (including phenoxy) is 2. The van der Waals surface area contributed by atoms with E-state index in [2.05, 4.69) is 15.3 Å². The van der Waals surface area contributed by atoms with E-state index in [-0.39, 0.29) is 46.1 Å². The molecular weight excluding hydrogens is 496 g/mol. The fourth-order valence-electron chi connectivity index (χ4n) is 3.20. The van der Waals surface area contributed by atoms with Crippen LogP contribution in [0.1, 0.15) is 17.3 Å². The van der Waals surface area contributed by atoms with E-state index in [1.807, 2.05) is 0 Å². The van der Waals surface area contributed by atoms with Crippen molar-refractivity contribution in [2.75, 3.05) is 17.7 Å². The number of carbonyl (C=O) groups is 1. The molecule has 4 aromatic rings. The van der Waals surface area contributed by atoms with Crippen molar-refractivity contribution in [3.8, 4) is 23.1 Å². The van der Waals surface area contributed by atoms with Crippen molar-refractivity contribution in [2.24, 2.45) is 0 Å². The number of nitrogens with zero attached hydrogens (tertiary/aromatic N) is 3. The van der Waals surface area contributed by atoms with Crippen LogP contribution in [0.15, 0.2) is 65.8 Å². The first-order valence-electron chi connectivity index (χ1n) is 10.5. The highest BCUT2D eigenvalue weighted by atomic mass is 35.5. The van der Waals surface area contributed by atoms with Gasteiger partial charge in [-0.1, -0.05) is 11.6 Å². The zero-order chi connectivity index (χ0) is 25.8. The molecule has 9 nitrogen and oxygen atoms in total. The van der Waals surface area contributed by atoms with E-state index in [9.17, 15) is 18.4 Å². The summed E-state index contributed by atoms with van der Waals surface area (Å²) in [5.74, 6) is -2.29. The lowest BCUT2D eigenvalue weighted by molar-refractivity contribution is 0.102. The van der Waals surface area contributed by atoms with Crippen LogP contribution in [-0.2, 0) is 0 Å². The Balaban J connectivity index is 1.63. The first-order valence-corrected chi connectivity index (χ1v) is 10.9. The molecule has 4 rings (SSSR count). The third kappa shape index (κ3) is 5.10. The molecule has 0 fully saturated rings. The predicted octanol–water partition coefficient (Wildman–Crippen LogP) is 4.58. The Morgan fingerprint density at radius 2 is 1.89 bits per heavy atom. The normalized spacial score (nSPS) is 10.7. The Morgan fingerprint density at radius 1 is 1.14 bits per heavy atom. The lowest BCUT2D eigenvalue weighted by Crippen LogP contribution is -2.29. The Morgan fingerprint density at radius 3 is 2.58 bits per heavy atom. The van der Waals surface area contributed by atoms with Crippen molar-refractivity contribution < 1.29 is 23.0 Å². The van der Waals surface area contributed by atoms with E-state index in [0.29, 0.717) is 5.69 Å². The molecule has 184 valence electrons. The number of nitrogens with one attached hydrogen (secondary N) is 1. The predicted molar refractivity (Wildman–Crippen MR) is 129 cm³/mol. The van der Waals surface area contributed by atoms with E-state index < -0.39 is 23.1 Å². The average molecular weight is 514 g/mol. The van der Waals surface area contributed by atoms with Crippen molar-refractivity contribution in [1.82, 2.24) is 14.5 Å². The van der Waals surface area contributed by atoms with Gasteiger partial charge in [0.05, 0.1) is 12.3 Å². The smallest absolute Gasteiger partial charge is 0.271 e. The molecule has 0 unspecified atom stereocenters. The van der Waals surface area contributed by atoms with E-state index in [0.717, 1.165) is 17.0 Å². The molecule has 0 radical (unpaired) electrons. The van der Waals surface area contributed by atoms with Gasteiger partial charge < -0.3 is 20.5 Å². The van der Waals surface area contributed by atoms with Crippen LogP contribution in [-0.4, -0.2) is 27.0 Å². The number of hydrogen-bond acceptors (Lipinski definition) is 7. The number of carbonyl (C=O) groups excluding carboxylic acids is 1. The summed E-state index contributed by atoms with van der Waals surface area (Å²) in [5.41, 5.74) is 4.62. The fraction of sp³-hybridized carbons (Fsp3) is 0.0833. The maximum Gasteiger partial charge on any atom is 0.271 e. The zero-order valence-corrected chi connectivity index (χ0v) is 19.4. The van der Waals surface area contributed by atoms with Gasteiger partial charge in [0.15, 0.2) is 0 Å². The van der Waals surface area contributed by atoms with Gasteiger partial charge >= 0.3 is 0 Å². The summed E-state index contributed by atoms with van der Waals surface area (Å²) in [4.78, 5) is 33.8. The minimum Gasteiger partial charge on any atom is -0.493 e. The standard InChI is InChI=1S/C24H18ClF2N5O4/c1-2-35-18-9-10-32(14-5-3-13(26)4-6-14)24(34)19(18)22(33)31-17-8-7-15(11-16(17)27)36-23-20(25)21(28)29-12-30-23/h3-12H,2H2,1H3,(H,31,33)(H2,28,29,30). The number of anilines is 2. The van der Waals surface area contributed by atoms with Crippen LogP contribution < -0.4 is 26.1 Å². The Kier molecular flexibility index (Phi) is 7.11. The molecule has 0 atom stereocenters. The average Bonchev–Trinajstić information content (AvgIpc) is 2.85. The monoisotopic (exact) mass is 513 g/mol. The first kappa shape index (κ1) is 24.6. The minimum atomic E-state index is -0.904. The molecule has 3 N–H and O–H groups in total. The van der Waals surface area contributed by atoms with Gasteiger partial charge in [-0.3, -0.25) is 14.2 Å². The quantitative estimate of drug-likeness (QED) is 0.371. The highest BCUT2D eigenvalue weighted by molar-refractivity contribution is 6.34. The summed E-state index contributed by atoms with van der Waals surface area (Å²) in [6.45, 7) is 1.86. The molecule has 2 aromatic carbocycles. The van der Waals surface area contributed by atoms with Crippen LogP contribution in [0.2, 0.25) is 5.02 Å². The van der Waals surface area contributed by atoms with Crippen LogP contribution in [0.25, 0.3) is 5.69 Å². The zero-order valence-electron chi connectivity index (χ0n) is 18.7. The maximum atomic E-state index is 14.8. The summed E-state index contributed by atoms with van der Waals surface area (Å²) >= 11 is 5.98. The molecule has 0 aliphatic carbocycles. The Bertz CT molecular complexity index is 1500. The summed E-state index contributed by atoms with van der Waals surface area (Å²) in [6, 6.07) is 10.1. The van der Waals surface area contributed by atoms with Crippen molar-refractivity contribution in [2.45, 2.75) is 6.92 Å². The van der Waals surface area contributed by atoms with Crippen molar-refractivity contribution >= 4 is 29.0 Å². The SMILES string of the molecule is CCOc1ccn(-c2ccc(F)cc2)c(=O)c1C(=O)Nc1ccc(Oc2ncnc(N)c2Cl)cc1F. The molecule has 0 saturated carbocycles. The lowest BCUT2D eigenvalue weighted by atomic mass is 10.2. The highest BCUT2D eigenvalue weighted by Crippen LogP contribution is 2.31. The molecule has 36 heavy (non-hydrogen) atoms. The number of halogens is 3. The van der Waals surface area contributed by atoms with E-state index in [1.54, 1.807) is 6.92 Å². The number of benzene rings is 2. The summed E-state index contributed by atoms with van der Waals surface area (Å²) in [6.07, 6.45) is 2.53.